The van der Waals surface area contributed by atoms with Gasteiger partial charge in [-0.05, 0) is 42.9 Å². The molecular formula is C19H18BFN6O2. The van der Waals surface area contributed by atoms with Crippen LogP contribution in [-0.2, 0) is 13.5 Å². The molecule has 8 nitrogen and oxygen atoms in total. The Morgan fingerprint density at radius 2 is 2.24 bits per heavy atom. The predicted octanol–water partition coefficient (Wildman–Crippen LogP) is 1.36. The molecule has 4 rings (SSSR count). The molecule has 3 heterocycles. The Morgan fingerprint density at radius 1 is 1.45 bits per heavy atom. The molecule has 10 heteroatoms. The number of ether oxygens (including phenoxy) is 1. The first-order valence-corrected chi connectivity index (χ1v) is 9.12. The van der Waals surface area contributed by atoms with E-state index in [1.54, 1.807) is 20.0 Å². The Hall–Kier alpha value is -3.45. The molecule has 2 bridgehead atoms. The van der Waals surface area contributed by atoms with Crippen molar-refractivity contribution in [1.29, 1.82) is 5.26 Å². The van der Waals surface area contributed by atoms with Crippen LogP contribution in [0.15, 0.2) is 24.4 Å². The SMILES string of the molecule is C[C@H]1Oc2nc(cnc2N)-c2c(nn(C)c2C#N)B(O)CCc2ccc(F)cc21. The van der Waals surface area contributed by atoms with Crippen LogP contribution in [0.5, 0.6) is 5.88 Å². The molecule has 2 aromatic heterocycles. The molecule has 0 saturated heterocycles. The van der Waals surface area contributed by atoms with Crippen molar-refractivity contribution in [2.24, 2.45) is 7.05 Å². The second-order valence-electron chi connectivity index (χ2n) is 6.95. The zero-order chi connectivity index (χ0) is 20.7. The lowest BCUT2D eigenvalue weighted by molar-refractivity contribution is 0.217. The number of nitriles is 1. The van der Waals surface area contributed by atoms with Crippen molar-refractivity contribution in [2.75, 3.05) is 5.73 Å². The van der Waals surface area contributed by atoms with E-state index < -0.39 is 13.0 Å². The van der Waals surface area contributed by atoms with Gasteiger partial charge in [-0.25, -0.2) is 14.4 Å². The first-order valence-electron chi connectivity index (χ1n) is 9.12. The van der Waals surface area contributed by atoms with E-state index in [0.29, 0.717) is 35.2 Å². The minimum absolute atomic E-state index is 0.0685. The maximum absolute atomic E-state index is 13.9. The van der Waals surface area contributed by atoms with E-state index in [1.165, 1.54) is 23.0 Å². The van der Waals surface area contributed by atoms with Crippen LogP contribution in [-0.4, -0.2) is 31.7 Å². The molecule has 1 atom stereocenters. The summed E-state index contributed by atoms with van der Waals surface area (Å²) in [5.41, 5.74) is 8.70. The zero-order valence-electron chi connectivity index (χ0n) is 15.9. The lowest BCUT2D eigenvalue weighted by Crippen LogP contribution is -2.34. The number of aryl methyl sites for hydroxylation is 2. The fourth-order valence-electron chi connectivity index (χ4n) is 3.58. The molecule has 146 valence electrons. The van der Waals surface area contributed by atoms with Crippen LogP contribution in [0, 0.1) is 17.1 Å². The lowest BCUT2D eigenvalue weighted by atomic mass is 9.59. The van der Waals surface area contributed by atoms with E-state index in [4.69, 9.17) is 10.5 Å². The van der Waals surface area contributed by atoms with Crippen LogP contribution in [0.2, 0.25) is 6.32 Å². The Bertz CT molecular complexity index is 1140. The summed E-state index contributed by atoms with van der Waals surface area (Å²) in [6, 6.07) is 6.56. The van der Waals surface area contributed by atoms with Gasteiger partial charge in [0.05, 0.1) is 23.0 Å². The van der Waals surface area contributed by atoms with Crippen LogP contribution in [0.3, 0.4) is 0 Å². The van der Waals surface area contributed by atoms with Gasteiger partial charge in [0.2, 0.25) is 0 Å². The van der Waals surface area contributed by atoms with Crippen molar-refractivity contribution < 1.29 is 14.2 Å². The van der Waals surface area contributed by atoms with E-state index in [-0.39, 0.29) is 23.2 Å². The summed E-state index contributed by atoms with van der Waals surface area (Å²) in [7, 11) is 1.62. The van der Waals surface area contributed by atoms with Gasteiger partial charge in [-0.2, -0.15) is 10.4 Å². The molecule has 0 aliphatic carbocycles. The van der Waals surface area contributed by atoms with Crippen molar-refractivity contribution in [3.05, 3.63) is 47.0 Å². The predicted molar refractivity (Wildman–Crippen MR) is 105 cm³/mol. The maximum Gasteiger partial charge on any atom is 0.347 e. The summed E-state index contributed by atoms with van der Waals surface area (Å²) >= 11 is 0. The first kappa shape index (κ1) is 18.9. The highest BCUT2D eigenvalue weighted by Gasteiger charge is 2.29. The highest BCUT2D eigenvalue weighted by atomic mass is 19.1. The van der Waals surface area contributed by atoms with E-state index in [0.717, 1.165) is 5.56 Å². The Labute approximate surface area is 166 Å². The summed E-state index contributed by atoms with van der Waals surface area (Å²) in [5, 5.41) is 24.8. The van der Waals surface area contributed by atoms with Gasteiger partial charge in [-0.15, -0.1) is 0 Å². The minimum Gasteiger partial charge on any atom is -0.467 e. The van der Waals surface area contributed by atoms with Crippen molar-refractivity contribution in [3.8, 4) is 23.2 Å². The number of nitrogens with zero attached hydrogens (tertiary/aromatic N) is 5. The van der Waals surface area contributed by atoms with Gasteiger partial charge < -0.3 is 15.5 Å². The molecule has 1 aliphatic heterocycles. The van der Waals surface area contributed by atoms with Crippen molar-refractivity contribution >= 4 is 18.3 Å². The molecule has 0 saturated carbocycles. The fourth-order valence-corrected chi connectivity index (χ4v) is 3.58. The quantitative estimate of drug-likeness (QED) is 0.554. The van der Waals surface area contributed by atoms with Crippen LogP contribution < -0.4 is 16.1 Å². The second-order valence-corrected chi connectivity index (χ2v) is 6.95. The zero-order valence-corrected chi connectivity index (χ0v) is 15.9. The third kappa shape index (κ3) is 3.30. The Morgan fingerprint density at radius 3 is 3.00 bits per heavy atom. The standard InChI is InChI=1S/C19H18BFN6O2/c1-10-13-7-12(21)4-3-11(13)5-6-20(28)17-16(15(8-22)27(2)26-17)14-9-24-18(23)19(25-14)29-10/h3-4,7,9-10,28H,5-6H2,1-2H3,(H2,23,24)/t10-/m1/s1. The molecule has 0 radical (unpaired) electrons. The number of aromatic nitrogens is 4. The van der Waals surface area contributed by atoms with Crippen molar-refractivity contribution in [2.45, 2.75) is 25.8 Å². The average Bonchev–Trinajstić information content (AvgIpc) is 3.04. The molecule has 3 aromatic rings. The van der Waals surface area contributed by atoms with Gasteiger partial charge in [0.15, 0.2) is 5.82 Å². The van der Waals surface area contributed by atoms with E-state index in [1.807, 2.05) is 0 Å². The third-order valence-electron chi connectivity index (χ3n) is 5.04. The number of hydrogen-bond donors (Lipinski definition) is 2. The largest absolute Gasteiger partial charge is 0.467 e. The van der Waals surface area contributed by atoms with Gasteiger partial charge in [-0.1, -0.05) is 6.07 Å². The Balaban J connectivity index is 1.94. The topological polar surface area (TPSA) is 123 Å². The van der Waals surface area contributed by atoms with Crippen LogP contribution in [0.4, 0.5) is 10.2 Å². The normalized spacial score (nSPS) is 16.0. The van der Waals surface area contributed by atoms with Gasteiger partial charge >= 0.3 is 6.92 Å². The molecule has 1 aliphatic rings. The summed E-state index contributed by atoms with van der Waals surface area (Å²) in [5.74, 6) is -0.246. The van der Waals surface area contributed by atoms with Crippen LogP contribution in [0.1, 0.15) is 29.8 Å². The van der Waals surface area contributed by atoms with Crippen molar-refractivity contribution in [1.82, 2.24) is 19.7 Å². The first-order chi connectivity index (χ1) is 13.9. The molecule has 0 fully saturated rings. The van der Waals surface area contributed by atoms with Crippen LogP contribution in [0.25, 0.3) is 11.3 Å². The maximum atomic E-state index is 13.9. The highest BCUT2D eigenvalue weighted by molar-refractivity contribution is 6.66. The van der Waals surface area contributed by atoms with Gasteiger partial charge in [0, 0.05) is 7.05 Å². The molecule has 1 aromatic carbocycles. The third-order valence-corrected chi connectivity index (χ3v) is 5.04. The number of rotatable bonds is 0. The molecule has 0 spiro atoms. The molecule has 0 amide bonds. The van der Waals surface area contributed by atoms with Crippen LogP contribution >= 0.6 is 0 Å². The van der Waals surface area contributed by atoms with E-state index in [9.17, 15) is 14.7 Å². The summed E-state index contributed by atoms with van der Waals surface area (Å²) < 4.78 is 21.2. The van der Waals surface area contributed by atoms with E-state index >= 15 is 0 Å². The highest BCUT2D eigenvalue weighted by Crippen LogP contribution is 2.31. The molecular weight excluding hydrogens is 374 g/mol. The van der Waals surface area contributed by atoms with Crippen molar-refractivity contribution in [3.63, 3.8) is 0 Å². The molecule has 0 unspecified atom stereocenters. The number of anilines is 1. The lowest BCUT2D eigenvalue weighted by Gasteiger charge is -2.20. The molecule has 3 N–H and O–H groups in total. The number of benzene rings is 1. The second kappa shape index (κ2) is 7.18. The number of fused-ring (bicyclic) bond motifs is 5. The van der Waals surface area contributed by atoms with Gasteiger partial charge in [-0.3, -0.25) is 4.68 Å². The minimum atomic E-state index is -0.949. The Kier molecular flexibility index (Phi) is 4.68. The number of nitrogens with two attached hydrogens (primary N) is 1. The smallest absolute Gasteiger partial charge is 0.347 e. The number of hydrogen-bond acceptors (Lipinski definition) is 7. The number of halogens is 1. The average molecular weight is 392 g/mol. The van der Waals surface area contributed by atoms with Gasteiger partial charge in [0.25, 0.3) is 5.88 Å². The fraction of sp³-hybridized carbons (Fsp3) is 0.263. The monoisotopic (exact) mass is 392 g/mol. The summed E-state index contributed by atoms with van der Waals surface area (Å²) in [4.78, 5) is 8.56. The summed E-state index contributed by atoms with van der Waals surface area (Å²) in [6.07, 6.45) is 1.67. The molecule has 29 heavy (non-hydrogen) atoms. The van der Waals surface area contributed by atoms with E-state index in [2.05, 4.69) is 21.1 Å². The number of nitrogen functional groups attached to an aromatic ring is 1. The summed E-state index contributed by atoms with van der Waals surface area (Å²) in [6.45, 7) is 0.819. The van der Waals surface area contributed by atoms with Gasteiger partial charge in [0.1, 0.15) is 23.7 Å².